The van der Waals surface area contributed by atoms with Crippen LogP contribution in [0, 0.1) is 13.8 Å². The zero-order chi connectivity index (χ0) is 12.3. The Bertz CT molecular complexity index is 412. The molecule has 2 nitrogen and oxygen atoms in total. The average molecular weight is 299 g/mol. The van der Waals surface area contributed by atoms with Crippen LogP contribution >= 0.6 is 11.8 Å². The van der Waals surface area contributed by atoms with Crippen LogP contribution in [0.1, 0.15) is 24.5 Å². The van der Waals surface area contributed by atoms with Crippen LogP contribution in [0.15, 0.2) is 23.2 Å². The molecule has 1 heterocycles. The Kier molecular flexibility index (Phi) is 6.33. The first-order chi connectivity index (χ1) is 8.24. The number of rotatable bonds is 2. The first-order valence-corrected chi connectivity index (χ1v) is 7.23. The molecule has 0 spiro atoms. The van der Waals surface area contributed by atoms with E-state index in [1.54, 1.807) is 0 Å². The number of benzene rings is 1. The van der Waals surface area contributed by atoms with Crippen molar-refractivity contribution in [3.63, 3.8) is 0 Å². The van der Waals surface area contributed by atoms with Crippen molar-refractivity contribution in [1.82, 2.24) is 0 Å². The maximum absolute atomic E-state index is 4.66. The molecule has 4 heteroatoms. The first-order valence-electron chi connectivity index (χ1n) is 6.25. The van der Waals surface area contributed by atoms with Crippen molar-refractivity contribution in [3.8, 4) is 0 Å². The summed E-state index contributed by atoms with van der Waals surface area (Å²) in [5, 5.41) is 1.19. The largest absolute Gasteiger partial charge is 0.321 e. The summed E-state index contributed by atoms with van der Waals surface area (Å²) >= 11 is 1.88. The molecule has 0 bridgehead atoms. The molecule has 0 aromatic heterocycles. The summed E-state index contributed by atoms with van der Waals surface area (Å²) in [5.74, 6) is 1.19. The van der Waals surface area contributed by atoms with Crippen LogP contribution in [0.4, 0.5) is 5.69 Å². The Morgan fingerprint density at radius 2 is 1.94 bits per heavy atom. The van der Waals surface area contributed by atoms with Gasteiger partial charge in [0.1, 0.15) is 0 Å². The summed E-state index contributed by atoms with van der Waals surface area (Å²) in [6.07, 6.45) is 1.21. The molecule has 0 aliphatic carbocycles. The second-order valence-corrected chi connectivity index (χ2v) is 5.41. The van der Waals surface area contributed by atoms with Crippen molar-refractivity contribution >= 4 is 22.6 Å². The van der Waals surface area contributed by atoms with Gasteiger partial charge in [-0.15, -0.1) is 0 Å². The van der Waals surface area contributed by atoms with Crippen LogP contribution in [0.25, 0.3) is 0 Å². The van der Waals surface area contributed by atoms with Crippen LogP contribution in [-0.4, -0.2) is 24.0 Å². The number of aliphatic imine (C=N–C) groups is 1. The van der Waals surface area contributed by atoms with E-state index in [9.17, 15) is 0 Å². The molecule has 97 valence electrons. The van der Waals surface area contributed by atoms with E-state index in [1.807, 2.05) is 11.8 Å². The number of hydrogen-bond acceptors (Lipinski definition) is 3. The normalized spacial score (nSPS) is 14.7. The van der Waals surface area contributed by atoms with E-state index in [-0.39, 0.29) is 18.6 Å². The fourth-order valence-electron chi connectivity index (χ4n) is 2.23. The van der Waals surface area contributed by atoms with Gasteiger partial charge in [0, 0.05) is 43.1 Å². The van der Waals surface area contributed by atoms with Crippen LogP contribution in [0.3, 0.4) is 0 Å². The van der Waals surface area contributed by atoms with Crippen LogP contribution in [0.2, 0.25) is 0 Å². The minimum atomic E-state index is 0. The maximum Gasteiger partial charge on any atom is 0.163 e. The van der Waals surface area contributed by atoms with Crippen molar-refractivity contribution in [1.29, 1.82) is 0 Å². The Hall–Kier alpha value is -0.376. The van der Waals surface area contributed by atoms with Gasteiger partial charge in [0.25, 0.3) is 0 Å². The van der Waals surface area contributed by atoms with E-state index in [1.165, 1.54) is 34.2 Å². The molecule has 1 aliphatic heterocycles. The Morgan fingerprint density at radius 1 is 1.28 bits per heavy atom. The smallest absolute Gasteiger partial charge is 0.163 e. The van der Waals surface area contributed by atoms with E-state index in [2.05, 4.69) is 48.9 Å². The summed E-state index contributed by atoms with van der Waals surface area (Å²) in [4.78, 5) is 7.02. The van der Waals surface area contributed by atoms with Gasteiger partial charge in [0.15, 0.2) is 5.17 Å². The molecule has 1 aromatic rings. The molecule has 0 saturated carbocycles. The third-order valence-corrected chi connectivity index (χ3v) is 4.14. The molecule has 0 saturated heterocycles. The fraction of sp³-hybridized carbons (Fsp3) is 0.500. The van der Waals surface area contributed by atoms with Crippen molar-refractivity contribution in [3.05, 3.63) is 29.3 Å². The minimum Gasteiger partial charge on any atom is -0.321 e. The molecule has 0 N–H and O–H groups in total. The number of thioether (sulfide) groups is 1. The second kappa shape index (κ2) is 7.27. The Balaban J connectivity index is 0.00000162. The van der Waals surface area contributed by atoms with E-state index >= 15 is 0 Å². The molecule has 0 atom stereocenters. The quantitative estimate of drug-likeness (QED) is 0.829. The summed E-state index contributed by atoms with van der Waals surface area (Å²) in [6, 6.07) is 6.48. The molecule has 18 heavy (non-hydrogen) atoms. The molecule has 0 unspecified atom stereocenters. The van der Waals surface area contributed by atoms with Gasteiger partial charge in [0.2, 0.25) is 0 Å². The standard InChI is InChI=1S/C14H20N2S.V/c1-4-16(14-15-9-6-10-17-14)13-11(2)7-5-8-12(13)3;/h5,7-8H,4,6,9-10H2,1-3H3;. The average Bonchev–Trinajstić information content (AvgIpc) is 2.35. The summed E-state index contributed by atoms with van der Waals surface area (Å²) in [7, 11) is 0. The van der Waals surface area contributed by atoms with E-state index < -0.39 is 0 Å². The number of hydrogen-bond donors (Lipinski definition) is 0. The Morgan fingerprint density at radius 3 is 2.44 bits per heavy atom. The van der Waals surface area contributed by atoms with Gasteiger partial charge >= 0.3 is 0 Å². The SMILES string of the molecule is CCN(C1=NCCCS1)c1c(C)cccc1C.[V]. The monoisotopic (exact) mass is 299 g/mol. The Labute approximate surface area is 126 Å². The zero-order valence-corrected chi connectivity index (χ0v) is 13.5. The van der Waals surface area contributed by atoms with Gasteiger partial charge in [-0.25, -0.2) is 0 Å². The van der Waals surface area contributed by atoms with Gasteiger partial charge in [-0.05, 0) is 38.3 Å². The molecular weight excluding hydrogens is 279 g/mol. The first kappa shape index (κ1) is 15.7. The molecule has 1 aromatic carbocycles. The number of amidine groups is 1. The van der Waals surface area contributed by atoms with E-state index in [0.717, 1.165) is 13.1 Å². The van der Waals surface area contributed by atoms with E-state index in [0.29, 0.717) is 0 Å². The van der Waals surface area contributed by atoms with Crippen molar-refractivity contribution in [2.24, 2.45) is 4.99 Å². The predicted octanol–water partition coefficient (Wildman–Crippen LogP) is 3.62. The summed E-state index contributed by atoms with van der Waals surface area (Å²) in [6.45, 7) is 8.52. The molecular formula is C14H20N2SV. The molecule has 0 amide bonds. The van der Waals surface area contributed by atoms with Crippen LogP contribution in [-0.2, 0) is 18.6 Å². The van der Waals surface area contributed by atoms with Crippen molar-refractivity contribution in [2.75, 3.05) is 23.7 Å². The van der Waals surface area contributed by atoms with Gasteiger partial charge in [0.05, 0.1) is 0 Å². The third-order valence-electron chi connectivity index (χ3n) is 3.04. The van der Waals surface area contributed by atoms with Gasteiger partial charge in [-0.1, -0.05) is 30.0 Å². The molecule has 1 aliphatic rings. The van der Waals surface area contributed by atoms with Crippen LogP contribution < -0.4 is 4.90 Å². The van der Waals surface area contributed by atoms with Gasteiger partial charge in [-0.3, -0.25) is 4.99 Å². The summed E-state index contributed by atoms with van der Waals surface area (Å²) < 4.78 is 0. The summed E-state index contributed by atoms with van der Waals surface area (Å²) in [5.41, 5.74) is 4.00. The minimum absolute atomic E-state index is 0. The van der Waals surface area contributed by atoms with E-state index in [4.69, 9.17) is 0 Å². The molecule has 0 fully saturated rings. The zero-order valence-electron chi connectivity index (χ0n) is 11.3. The number of para-hydroxylation sites is 1. The van der Waals surface area contributed by atoms with Gasteiger partial charge < -0.3 is 4.90 Å². The molecule has 2 rings (SSSR count). The second-order valence-electron chi connectivity index (χ2n) is 4.35. The fourth-order valence-corrected chi connectivity index (χ4v) is 3.25. The van der Waals surface area contributed by atoms with Crippen molar-refractivity contribution < 1.29 is 18.6 Å². The number of anilines is 1. The van der Waals surface area contributed by atoms with Crippen molar-refractivity contribution in [2.45, 2.75) is 27.2 Å². The maximum atomic E-state index is 4.66. The third kappa shape index (κ3) is 3.34. The predicted molar refractivity (Wildman–Crippen MR) is 78.3 cm³/mol. The number of aryl methyl sites for hydroxylation is 2. The number of nitrogens with zero attached hydrogens (tertiary/aromatic N) is 2. The molecule has 1 radical (unpaired) electrons. The van der Waals surface area contributed by atoms with Crippen LogP contribution in [0.5, 0.6) is 0 Å². The topological polar surface area (TPSA) is 15.6 Å². The van der Waals surface area contributed by atoms with Gasteiger partial charge in [-0.2, -0.15) is 0 Å².